The van der Waals surface area contributed by atoms with E-state index in [1.54, 1.807) is 0 Å². The quantitative estimate of drug-likeness (QED) is 0.186. The van der Waals surface area contributed by atoms with Crippen molar-refractivity contribution in [3.05, 3.63) is 152 Å². The van der Waals surface area contributed by atoms with Gasteiger partial charge in [-0.1, -0.05) is 127 Å². The van der Waals surface area contributed by atoms with E-state index in [4.69, 9.17) is 0 Å². The van der Waals surface area contributed by atoms with Crippen LogP contribution in [0.3, 0.4) is 0 Å². The second-order valence-corrected chi connectivity index (χ2v) is 13.5. The number of rotatable bonds is 2. The standard InChI is InChI=1S/C44H25NS/c1-2-11-30-29(10-1)32-17-9-16-31-28(24-25-34(30)40(31)32)26-20-22-27(23-21-26)45-38-18-7-5-14-36(38)42-43(45)35-13-4-3-12-33(35)41-37-15-6-8-19-39(37)46-44(41)42/h1-25H. The summed E-state index contributed by atoms with van der Waals surface area (Å²) in [6, 6.07) is 56.2. The number of benzene rings is 8. The van der Waals surface area contributed by atoms with E-state index in [0.29, 0.717) is 0 Å². The topological polar surface area (TPSA) is 4.93 Å². The number of nitrogens with zero attached hydrogens (tertiary/aromatic N) is 1. The third-order valence-corrected chi connectivity index (χ3v) is 11.3. The lowest BCUT2D eigenvalue weighted by Crippen LogP contribution is -1.95. The first-order chi connectivity index (χ1) is 22.8. The number of fused-ring (bicyclic) bond motifs is 13. The Bertz CT molecular complexity index is 2870. The fraction of sp³-hybridized carbons (Fsp3) is 0. The number of hydrogen-bond donors (Lipinski definition) is 0. The predicted molar refractivity (Wildman–Crippen MR) is 199 cm³/mol. The smallest absolute Gasteiger partial charge is 0.0634 e. The van der Waals surface area contributed by atoms with Crippen LogP contribution in [0, 0.1) is 0 Å². The molecule has 0 atom stereocenters. The van der Waals surface area contributed by atoms with Crippen molar-refractivity contribution in [1.29, 1.82) is 0 Å². The Balaban J connectivity index is 1.17. The van der Waals surface area contributed by atoms with Crippen molar-refractivity contribution >= 4 is 74.9 Å². The fourth-order valence-electron chi connectivity index (χ4n) is 8.24. The third kappa shape index (κ3) is 3.09. The minimum absolute atomic E-state index is 1.18. The largest absolute Gasteiger partial charge is 0.309 e. The first kappa shape index (κ1) is 24.6. The van der Waals surface area contributed by atoms with Gasteiger partial charge >= 0.3 is 0 Å². The van der Waals surface area contributed by atoms with Crippen LogP contribution in [0.2, 0.25) is 0 Å². The number of para-hydroxylation sites is 1. The summed E-state index contributed by atoms with van der Waals surface area (Å²) in [5, 5.41) is 10.7. The highest BCUT2D eigenvalue weighted by atomic mass is 32.1. The van der Waals surface area contributed by atoms with Gasteiger partial charge in [-0.05, 0) is 73.8 Å². The molecule has 212 valence electrons. The van der Waals surface area contributed by atoms with E-state index >= 15 is 0 Å². The lowest BCUT2D eigenvalue weighted by molar-refractivity contribution is 1.19. The van der Waals surface area contributed by atoms with Gasteiger partial charge in [-0.3, -0.25) is 0 Å². The van der Waals surface area contributed by atoms with Crippen LogP contribution in [0.25, 0.3) is 103 Å². The molecule has 0 N–H and O–H groups in total. The van der Waals surface area contributed by atoms with Gasteiger partial charge in [0.1, 0.15) is 0 Å². The van der Waals surface area contributed by atoms with E-state index < -0.39 is 0 Å². The van der Waals surface area contributed by atoms with Crippen LogP contribution in [-0.2, 0) is 0 Å². The van der Waals surface area contributed by atoms with E-state index in [-0.39, 0.29) is 0 Å². The molecule has 8 aromatic carbocycles. The van der Waals surface area contributed by atoms with Crippen LogP contribution in [-0.4, -0.2) is 4.57 Å². The van der Waals surface area contributed by atoms with Gasteiger partial charge in [0.25, 0.3) is 0 Å². The summed E-state index contributed by atoms with van der Waals surface area (Å²) in [6.07, 6.45) is 0. The van der Waals surface area contributed by atoms with Crippen LogP contribution in [0.1, 0.15) is 0 Å². The fourth-order valence-corrected chi connectivity index (χ4v) is 9.52. The Morgan fingerprint density at radius 2 is 0.978 bits per heavy atom. The first-order valence-electron chi connectivity index (χ1n) is 15.9. The zero-order valence-electron chi connectivity index (χ0n) is 24.8. The lowest BCUT2D eigenvalue weighted by Gasteiger charge is -2.13. The van der Waals surface area contributed by atoms with E-state index in [0.717, 1.165) is 0 Å². The van der Waals surface area contributed by atoms with Gasteiger partial charge in [0, 0.05) is 42.0 Å². The van der Waals surface area contributed by atoms with Crippen LogP contribution in [0.4, 0.5) is 0 Å². The zero-order chi connectivity index (χ0) is 29.9. The molecule has 1 aliphatic rings. The van der Waals surface area contributed by atoms with E-state index in [1.165, 1.54) is 103 Å². The minimum Gasteiger partial charge on any atom is -0.309 e. The molecule has 0 spiro atoms. The van der Waals surface area contributed by atoms with E-state index in [1.807, 2.05) is 11.3 Å². The van der Waals surface area contributed by atoms with Crippen molar-refractivity contribution in [1.82, 2.24) is 4.57 Å². The summed E-state index contributed by atoms with van der Waals surface area (Å²) in [5.41, 5.74) is 11.6. The maximum Gasteiger partial charge on any atom is 0.0634 e. The Morgan fingerprint density at radius 1 is 0.370 bits per heavy atom. The van der Waals surface area contributed by atoms with Crippen molar-refractivity contribution in [3.8, 4) is 39.1 Å². The van der Waals surface area contributed by atoms with E-state index in [9.17, 15) is 0 Å². The van der Waals surface area contributed by atoms with Gasteiger partial charge in [0.15, 0.2) is 0 Å². The maximum atomic E-state index is 2.49. The van der Waals surface area contributed by atoms with Crippen LogP contribution in [0.15, 0.2) is 152 Å². The molecule has 1 aliphatic carbocycles. The van der Waals surface area contributed by atoms with Gasteiger partial charge in [0.05, 0.1) is 11.0 Å². The molecule has 0 saturated carbocycles. The molecule has 2 heterocycles. The van der Waals surface area contributed by atoms with Crippen molar-refractivity contribution in [3.63, 3.8) is 0 Å². The summed E-state index contributed by atoms with van der Waals surface area (Å²) >= 11 is 1.92. The van der Waals surface area contributed by atoms with Crippen LogP contribution < -0.4 is 0 Å². The molecule has 0 amide bonds. The minimum atomic E-state index is 1.18. The average Bonchev–Trinajstić information content (AvgIpc) is 3.78. The Labute approximate surface area is 269 Å². The molecule has 10 aromatic rings. The van der Waals surface area contributed by atoms with Crippen molar-refractivity contribution in [2.24, 2.45) is 0 Å². The highest BCUT2D eigenvalue weighted by Gasteiger charge is 2.23. The zero-order valence-corrected chi connectivity index (χ0v) is 25.6. The summed E-state index contributed by atoms with van der Waals surface area (Å²) < 4.78 is 5.20. The van der Waals surface area contributed by atoms with Gasteiger partial charge in [-0.2, -0.15) is 0 Å². The Hall–Kier alpha value is -5.70. The normalized spacial score (nSPS) is 12.3. The Kier molecular flexibility index (Phi) is 4.78. The molecule has 0 unspecified atom stereocenters. The van der Waals surface area contributed by atoms with Crippen LogP contribution in [0.5, 0.6) is 0 Å². The molecule has 0 radical (unpaired) electrons. The molecule has 2 aromatic heterocycles. The van der Waals surface area contributed by atoms with E-state index in [2.05, 4.69) is 156 Å². The molecular weight excluding hydrogens is 575 g/mol. The van der Waals surface area contributed by atoms with Gasteiger partial charge < -0.3 is 4.57 Å². The first-order valence-corrected chi connectivity index (χ1v) is 16.7. The summed E-state index contributed by atoms with van der Waals surface area (Å²) in [7, 11) is 0. The van der Waals surface area contributed by atoms with Gasteiger partial charge in [-0.15, -0.1) is 11.3 Å². The Morgan fingerprint density at radius 3 is 1.80 bits per heavy atom. The maximum absolute atomic E-state index is 2.49. The van der Waals surface area contributed by atoms with Crippen LogP contribution >= 0.6 is 11.3 Å². The third-order valence-electron chi connectivity index (χ3n) is 10.1. The molecule has 2 heteroatoms. The summed E-state index contributed by atoms with van der Waals surface area (Å²) in [6.45, 7) is 0. The molecule has 46 heavy (non-hydrogen) atoms. The average molecular weight is 600 g/mol. The highest BCUT2D eigenvalue weighted by Crippen LogP contribution is 2.50. The number of thiophene rings is 1. The molecule has 11 rings (SSSR count). The predicted octanol–water partition coefficient (Wildman–Crippen LogP) is 12.8. The van der Waals surface area contributed by atoms with Crippen molar-refractivity contribution in [2.75, 3.05) is 0 Å². The second-order valence-electron chi connectivity index (χ2n) is 12.4. The highest BCUT2D eigenvalue weighted by molar-refractivity contribution is 7.27. The van der Waals surface area contributed by atoms with Crippen molar-refractivity contribution in [2.45, 2.75) is 0 Å². The summed E-state index contributed by atoms with van der Waals surface area (Å²) in [4.78, 5) is 0. The molecule has 0 aliphatic heterocycles. The number of aromatic nitrogens is 1. The van der Waals surface area contributed by atoms with Gasteiger partial charge in [0.2, 0.25) is 0 Å². The number of hydrogen-bond acceptors (Lipinski definition) is 1. The molecule has 0 bridgehead atoms. The molecule has 1 nitrogen and oxygen atoms in total. The van der Waals surface area contributed by atoms with Crippen molar-refractivity contribution < 1.29 is 0 Å². The monoisotopic (exact) mass is 599 g/mol. The lowest BCUT2D eigenvalue weighted by atomic mass is 9.94. The molecular formula is C44H25NS. The molecule has 0 saturated heterocycles. The van der Waals surface area contributed by atoms with Gasteiger partial charge in [-0.25, -0.2) is 0 Å². The summed E-state index contributed by atoms with van der Waals surface area (Å²) in [5.74, 6) is 0. The second kappa shape index (κ2) is 8.94. The SMILES string of the molecule is c1ccc2c(c1)-c1cccc3c(-c4ccc(-n5c6ccccc6c6c7sc8ccccc8c7c7ccccc7c65)cc4)ccc-2c13. The molecule has 0 fully saturated rings.